The lowest BCUT2D eigenvalue weighted by atomic mass is 9.66. The van der Waals surface area contributed by atoms with Crippen molar-refractivity contribution >= 4 is 19.4 Å². The Balaban J connectivity index is 2.83. The maximum atomic E-state index is 5.79. The van der Waals surface area contributed by atoms with E-state index in [4.69, 9.17) is 19.4 Å². The molecule has 2 heteroatoms. The normalized spacial score (nSPS) is 34.2. The molecule has 1 atom stereocenters. The van der Waals surface area contributed by atoms with Crippen LogP contribution in [0.5, 0.6) is 0 Å². The third kappa shape index (κ3) is 1.39. The molecule has 0 heterocycles. The fourth-order valence-corrected chi connectivity index (χ4v) is 0.903. The summed E-state index contributed by atoms with van der Waals surface area (Å²) in [6.45, 7) is 1.93. The van der Waals surface area contributed by atoms with Gasteiger partial charge in [-0.1, -0.05) is 30.7 Å². The van der Waals surface area contributed by atoms with Gasteiger partial charge in [-0.05, 0) is 17.8 Å². The first-order valence-electron chi connectivity index (χ1n) is 2.94. The third-order valence-corrected chi connectivity index (χ3v) is 2.02. The molecule has 0 saturated heterocycles. The molecule has 0 aromatic carbocycles. The number of hydrogen-bond donors (Lipinski definition) is 0. The summed E-state index contributed by atoms with van der Waals surface area (Å²) in [5, 5.41) is 0.418. The first kappa shape index (κ1) is 6.95. The zero-order chi connectivity index (χ0) is 6.91. The maximum Gasteiger partial charge on any atom is 0.0823 e. The van der Waals surface area contributed by atoms with Crippen LogP contribution in [0.25, 0.3) is 0 Å². The largest absolute Gasteiger partial charge is 0.0894 e. The highest BCUT2D eigenvalue weighted by Gasteiger charge is 2.20. The average molecular weight is 138 g/mol. The minimum atomic E-state index is -0.323. The van der Waals surface area contributed by atoms with E-state index in [9.17, 15) is 0 Å². The van der Waals surface area contributed by atoms with Gasteiger partial charge in [0.2, 0.25) is 0 Å². The van der Waals surface area contributed by atoms with E-state index in [-0.39, 0.29) is 5.31 Å². The van der Waals surface area contributed by atoms with E-state index in [0.29, 0.717) is 0 Å². The van der Waals surface area contributed by atoms with Gasteiger partial charge in [0.25, 0.3) is 0 Å². The number of allylic oxidation sites excluding steroid dienone is 4. The molecule has 0 aromatic heterocycles. The number of halogens is 1. The number of hydrogen-bond acceptors (Lipinski definition) is 0. The zero-order valence-electron chi connectivity index (χ0n) is 5.39. The van der Waals surface area contributed by atoms with Crippen molar-refractivity contribution in [1.82, 2.24) is 0 Å². The first-order chi connectivity index (χ1) is 4.13. The topological polar surface area (TPSA) is 0 Å². The monoisotopic (exact) mass is 138 g/mol. The SMILES string of the molecule is [B]C1(C)CC=CC=C1Cl. The highest BCUT2D eigenvalue weighted by Crippen LogP contribution is 2.39. The van der Waals surface area contributed by atoms with Crippen molar-refractivity contribution in [3.63, 3.8) is 0 Å². The number of rotatable bonds is 0. The molecule has 1 unspecified atom stereocenters. The fourth-order valence-electron chi connectivity index (χ4n) is 0.753. The summed E-state index contributed by atoms with van der Waals surface area (Å²) in [6.07, 6.45) is 6.62. The zero-order valence-corrected chi connectivity index (χ0v) is 6.15. The fraction of sp³-hybridized carbons (Fsp3) is 0.429. The average Bonchev–Trinajstić information content (AvgIpc) is 1.77. The molecular weight excluding hydrogens is 130 g/mol. The predicted octanol–water partition coefficient (Wildman–Crippen LogP) is 2.42. The molecule has 1 aliphatic rings. The van der Waals surface area contributed by atoms with Crippen LogP contribution in [0, 0.1) is 0 Å². The second kappa shape index (κ2) is 2.22. The molecule has 0 N–H and O–H groups in total. The third-order valence-electron chi connectivity index (χ3n) is 1.47. The van der Waals surface area contributed by atoms with Gasteiger partial charge in [-0.2, -0.15) is 0 Å². The summed E-state index contributed by atoms with van der Waals surface area (Å²) in [5.41, 5.74) is 0. The molecule has 0 fully saturated rings. The van der Waals surface area contributed by atoms with Crippen LogP contribution in [-0.4, -0.2) is 7.85 Å². The Morgan fingerprint density at radius 3 is 2.78 bits per heavy atom. The second-order valence-corrected chi connectivity index (χ2v) is 2.97. The molecule has 0 spiro atoms. The summed E-state index contributed by atoms with van der Waals surface area (Å²) in [5.74, 6) is 0. The Hall–Kier alpha value is -0.165. The minimum absolute atomic E-state index is 0.323. The van der Waals surface area contributed by atoms with E-state index in [1.54, 1.807) is 0 Å². The molecule has 0 bridgehead atoms. The maximum absolute atomic E-state index is 5.79. The molecule has 1 aliphatic carbocycles. The predicted molar refractivity (Wildman–Crippen MR) is 41.8 cm³/mol. The second-order valence-electron chi connectivity index (χ2n) is 2.56. The van der Waals surface area contributed by atoms with Gasteiger partial charge in [-0.25, -0.2) is 0 Å². The van der Waals surface area contributed by atoms with Crippen LogP contribution in [0.15, 0.2) is 23.3 Å². The van der Waals surface area contributed by atoms with Crippen molar-refractivity contribution in [2.45, 2.75) is 18.7 Å². The summed E-state index contributed by atoms with van der Waals surface area (Å²) in [6, 6.07) is 0. The quantitative estimate of drug-likeness (QED) is 0.451. The minimum Gasteiger partial charge on any atom is -0.0894 e. The van der Waals surface area contributed by atoms with E-state index in [1.165, 1.54) is 0 Å². The molecule has 0 saturated carbocycles. The summed E-state index contributed by atoms with van der Waals surface area (Å²) < 4.78 is 0. The highest BCUT2D eigenvalue weighted by atomic mass is 35.5. The van der Waals surface area contributed by atoms with Crippen LogP contribution >= 0.6 is 11.6 Å². The van der Waals surface area contributed by atoms with E-state index < -0.39 is 0 Å². The van der Waals surface area contributed by atoms with Crippen LogP contribution in [-0.2, 0) is 0 Å². The van der Waals surface area contributed by atoms with Crippen molar-refractivity contribution in [3.05, 3.63) is 23.3 Å². The van der Waals surface area contributed by atoms with E-state index in [2.05, 4.69) is 0 Å². The Bertz CT molecular complexity index is 168. The molecule has 0 aliphatic heterocycles. The van der Waals surface area contributed by atoms with Crippen LogP contribution in [0.4, 0.5) is 0 Å². The van der Waals surface area contributed by atoms with Crippen molar-refractivity contribution in [3.8, 4) is 0 Å². The molecule has 0 nitrogen and oxygen atoms in total. The van der Waals surface area contributed by atoms with Crippen molar-refractivity contribution < 1.29 is 0 Å². The summed E-state index contributed by atoms with van der Waals surface area (Å²) >= 11 is 5.79. The van der Waals surface area contributed by atoms with Gasteiger partial charge >= 0.3 is 0 Å². The van der Waals surface area contributed by atoms with Crippen LogP contribution in [0.3, 0.4) is 0 Å². The van der Waals surface area contributed by atoms with Gasteiger partial charge in [0.15, 0.2) is 0 Å². The Labute approximate surface area is 62.0 Å². The van der Waals surface area contributed by atoms with Crippen LogP contribution in [0.1, 0.15) is 13.3 Å². The van der Waals surface area contributed by atoms with Gasteiger partial charge in [-0.15, -0.1) is 0 Å². The lowest BCUT2D eigenvalue weighted by molar-refractivity contribution is 0.749. The lowest BCUT2D eigenvalue weighted by Gasteiger charge is -2.24. The van der Waals surface area contributed by atoms with Crippen molar-refractivity contribution in [1.29, 1.82) is 0 Å². The molecule has 0 aromatic rings. The van der Waals surface area contributed by atoms with Gasteiger partial charge < -0.3 is 0 Å². The van der Waals surface area contributed by atoms with Crippen molar-refractivity contribution in [2.75, 3.05) is 0 Å². The van der Waals surface area contributed by atoms with Gasteiger partial charge in [0.05, 0.1) is 7.85 Å². The molecule has 2 radical (unpaired) electrons. The van der Waals surface area contributed by atoms with E-state index in [0.717, 1.165) is 11.5 Å². The van der Waals surface area contributed by atoms with Crippen LogP contribution < -0.4 is 0 Å². The molecule has 46 valence electrons. The van der Waals surface area contributed by atoms with Crippen molar-refractivity contribution in [2.24, 2.45) is 0 Å². The smallest absolute Gasteiger partial charge is 0.0823 e. The van der Waals surface area contributed by atoms with Gasteiger partial charge in [0.1, 0.15) is 0 Å². The Morgan fingerprint density at radius 2 is 2.44 bits per heavy atom. The van der Waals surface area contributed by atoms with Gasteiger partial charge in [-0.3, -0.25) is 0 Å². The van der Waals surface area contributed by atoms with Gasteiger partial charge in [0, 0.05) is 5.03 Å². The molecule has 9 heavy (non-hydrogen) atoms. The molecular formula is C7H8BCl. The Morgan fingerprint density at radius 1 is 1.78 bits per heavy atom. The Kier molecular flexibility index (Phi) is 1.72. The van der Waals surface area contributed by atoms with E-state index in [1.807, 2.05) is 25.2 Å². The highest BCUT2D eigenvalue weighted by molar-refractivity contribution is 6.37. The first-order valence-corrected chi connectivity index (χ1v) is 3.32. The van der Waals surface area contributed by atoms with E-state index >= 15 is 0 Å². The summed E-state index contributed by atoms with van der Waals surface area (Å²) in [7, 11) is 5.77. The standard InChI is InChI=1S/C7H8BCl/c1-7(8)5-3-2-4-6(7)9/h2-4H,5H2,1H3. The summed E-state index contributed by atoms with van der Waals surface area (Å²) in [4.78, 5) is 0. The molecule has 1 rings (SSSR count). The lowest BCUT2D eigenvalue weighted by Crippen LogP contribution is -2.08. The molecule has 0 amide bonds. The van der Waals surface area contributed by atoms with Crippen LogP contribution in [0.2, 0.25) is 5.31 Å².